The highest BCUT2D eigenvalue weighted by Crippen LogP contribution is 2.27. The van der Waals surface area contributed by atoms with E-state index < -0.39 is 0 Å². The first-order valence-corrected chi connectivity index (χ1v) is 6.54. The third-order valence-corrected chi connectivity index (χ3v) is 3.19. The number of aromatic nitrogens is 1. The molecule has 4 heteroatoms. The Kier molecular flexibility index (Phi) is 4.63. The zero-order chi connectivity index (χ0) is 13.7. The zero-order valence-corrected chi connectivity index (χ0v) is 11.8. The van der Waals surface area contributed by atoms with Crippen molar-refractivity contribution in [3.8, 4) is 11.5 Å². The summed E-state index contributed by atoms with van der Waals surface area (Å²) >= 11 is 5.90. The number of aryl methyl sites for hydroxylation is 1. The molecule has 0 spiro atoms. The number of halogens is 1. The minimum Gasteiger partial charge on any atom is -0.497 e. The van der Waals surface area contributed by atoms with Crippen LogP contribution in [0.15, 0.2) is 36.5 Å². The molecular formula is C15H16ClNO2. The molecule has 0 atom stereocenters. The molecular weight excluding hydrogens is 262 g/mol. The van der Waals surface area contributed by atoms with Crippen molar-refractivity contribution in [2.75, 3.05) is 7.11 Å². The second kappa shape index (κ2) is 6.43. The van der Waals surface area contributed by atoms with Gasteiger partial charge in [-0.2, -0.15) is 0 Å². The Morgan fingerprint density at radius 2 is 2.11 bits per heavy atom. The summed E-state index contributed by atoms with van der Waals surface area (Å²) in [5.74, 6) is 1.89. The smallest absolute Gasteiger partial charge is 0.130 e. The first-order chi connectivity index (χ1) is 9.24. The van der Waals surface area contributed by atoms with Gasteiger partial charge in [-0.3, -0.25) is 4.98 Å². The molecule has 1 aromatic carbocycles. The van der Waals surface area contributed by atoms with Gasteiger partial charge < -0.3 is 9.47 Å². The van der Waals surface area contributed by atoms with Crippen molar-refractivity contribution in [3.63, 3.8) is 0 Å². The summed E-state index contributed by atoms with van der Waals surface area (Å²) in [7, 11) is 1.63. The number of hydrogen-bond acceptors (Lipinski definition) is 3. The Morgan fingerprint density at radius 1 is 1.26 bits per heavy atom. The second-order valence-electron chi connectivity index (χ2n) is 4.16. The van der Waals surface area contributed by atoms with Crippen LogP contribution in [0.2, 0.25) is 0 Å². The predicted molar refractivity (Wildman–Crippen MR) is 75.9 cm³/mol. The van der Waals surface area contributed by atoms with Gasteiger partial charge in [0.2, 0.25) is 0 Å². The number of ether oxygens (including phenoxy) is 2. The van der Waals surface area contributed by atoms with Crippen LogP contribution in [-0.2, 0) is 12.5 Å². The van der Waals surface area contributed by atoms with E-state index >= 15 is 0 Å². The number of pyridine rings is 1. The van der Waals surface area contributed by atoms with E-state index in [4.69, 9.17) is 21.1 Å². The van der Waals surface area contributed by atoms with Crippen LogP contribution in [0.25, 0.3) is 0 Å². The third-order valence-electron chi connectivity index (χ3n) is 2.90. The molecule has 0 unspecified atom stereocenters. The normalized spacial score (nSPS) is 10.3. The summed E-state index contributed by atoms with van der Waals surface area (Å²) in [5, 5.41) is 0. The number of benzene rings is 1. The van der Waals surface area contributed by atoms with Gasteiger partial charge in [-0.1, -0.05) is 12.1 Å². The van der Waals surface area contributed by atoms with Crippen LogP contribution in [0, 0.1) is 6.92 Å². The minimum atomic E-state index is 0.403. The first kappa shape index (κ1) is 13.7. The van der Waals surface area contributed by atoms with Crippen LogP contribution < -0.4 is 9.47 Å². The molecule has 3 nitrogen and oxygen atoms in total. The summed E-state index contributed by atoms with van der Waals surface area (Å²) < 4.78 is 11.0. The largest absolute Gasteiger partial charge is 0.497 e. The Labute approximate surface area is 118 Å². The molecule has 100 valence electrons. The summed E-state index contributed by atoms with van der Waals surface area (Å²) in [6, 6.07) is 9.55. The molecule has 0 aliphatic carbocycles. The molecule has 0 saturated carbocycles. The van der Waals surface area contributed by atoms with Gasteiger partial charge in [-0.05, 0) is 24.6 Å². The first-order valence-electron chi connectivity index (χ1n) is 6.00. The van der Waals surface area contributed by atoms with Gasteiger partial charge >= 0.3 is 0 Å². The van der Waals surface area contributed by atoms with Crippen molar-refractivity contribution in [1.82, 2.24) is 4.98 Å². The van der Waals surface area contributed by atoms with Crippen LogP contribution in [0.5, 0.6) is 11.5 Å². The average molecular weight is 278 g/mol. The summed E-state index contributed by atoms with van der Waals surface area (Å²) in [6.45, 7) is 2.43. The van der Waals surface area contributed by atoms with E-state index in [0.717, 1.165) is 28.3 Å². The highest BCUT2D eigenvalue weighted by molar-refractivity contribution is 6.17. The fraction of sp³-hybridized carbons (Fsp3) is 0.267. The lowest BCUT2D eigenvalue weighted by molar-refractivity contribution is 0.295. The monoisotopic (exact) mass is 277 g/mol. The lowest BCUT2D eigenvalue weighted by Crippen LogP contribution is -2.02. The second-order valence-corrected chi connectivity index (χ2v) is 4.43. The maximum Gasteiger partial charge on any atom is 0.130 e. The molecule has 0 aliphatic rings. The van der Waals surface area contributed by atoms with E-state index in [1.54, 1.807) is 13.3 Å². The third kappa shape index (κ3) is 3.38. The van der Waals surface area contributed by atoms with Crippen molar-refractivity contribution in [1.29, 1.82) is 0 Å². The number of alkyl halides is 1. The fourth-order valence-corrected chi connectivity index (χ4v) is 1.94. The highest BCUT2D eigenvalue weighted by atomic mass is 35.5. The van der Waals surface area contributed by atoms with Crippen LogP contribution in [-0.4, -0.2) is 12.1 Å². The lowest BCUT2D eigenvalue weighted by atomic mass is 10.2. The molecule has 0 amide bonds. The number of hydrogen-bond donors (Lipinski definition) is 0. The highest BCUT2D eigenvalue weighted by Gasteiger charge is 2.07. The van der Waals surface area contributed by atoms with Crippen molar-refractivity contribution in [2.45, 2.75) is 19.4 Å². The zero-order valence-electron chi connectivity index (χ0n) is 11.0. The van der Waals surface area contributed by atoms with E-state index in [0.29, 0.717) is 12.5 Å². The molecule has 0 radical (unpaired) electrons. The topological polar surface area (TPSA) is 31.4 Å². The van der Waals surface area contributed by atoms with Gasteiger partial charge in [0.25, 0.3) is 0 Å². The molecule has 2 aromatic rings. The molecule has 0 fully saturated rings. The van der Waals surface area contributed by atoms with Crippen molar-refractivity contribution < 1.29 is 9.47 Å². The molecule has 19 heavy (non-hydrogen) atoms. The van der Waals surface area contributed by atoms with E-state index in [1.165, 1.54) is 0 Å². The summed E-state index contributed by atoms with van der Waals surface area (Å²) in [6.07, 6.45) is 1.76. The summed E-state index contributed by atoms with van der Waals surface area (Å²) in [4.78, 5) is 4.30. The quantitative estimate of drug-likeness (QED) is 0.781. The molecule has 1 heterocycles. The Hall–Kier alpha value is -1.74. The molecule has 0 N–H and O–H groups in total. The average Bonchev–Trinajstić information content (AvgIpc) is 2.46. The minimum absolute atomic E-state index is 0.403. The van der Waals surface area contributed by atoms with Gasteiger partial charge in [-0.25, -0.2) is 0 Å². The standard InChI is InChI=1S/C15H16ClNO2/c1-11-4-3-7-17-14(11)10-19-15-8-13(18-2)6-5-12(15)9-16/h3-8H,9-10H2,1-2H3. The van der Waals surface area contributed by atoms with E-state index in [2.05, 4.69) is 4.98 Å². The Morgan fingerprint density at radius 3 is 2.79 bits per heavy atom. The molecule has 0 aliphatic heterocycles. The van der Waals surface area contributed by atoms with Crippen LogP contribution in [0.3, 0.4) is 0 Å². The number of nitrogens with zero attached hydrogens (tertiary/aromatic N) is 1. The van der Waals surface area contributed by atoms with E-state index in [-0.39, 0.29) is 0 Å². The Bertz CT molecular complexity index is 558. The van der Waals surface area contributed by atoms with Crippen LogP contribution >= 0.6 is 11.6 Å². The van der Waals surface area contributed by atoms with Crippen molar-refractivity contribution >= 4 is 11.6 Å². The molecule has 0 saturated heterocycles. The Balaban J connectivity index is 2.16. The lowest BCUT2D eigenvalue weighted by Gasteiger charge is -2.12. The fourth-order valence-electron chi connectivity index (χ4n) is 1.72. The van der Waals surface area contributed by atoms with Crippen LogP contribution in [0.4, 0.5) is 0 Å². The predicted octanol–water partition coefficient (Wildman–Crippen LogP) is 3.72. The number of methoxy groups -OCH3 is 1. The van der Waals surface area contributed by atoms with Gasteiger partial charge in [0, 0.05) is 17.8 Å². The van der Waals surface area contributed by atoms with Crippen LogP contribution in [0.1, 0.15) is 16.8 Å². The maximum atomic E-state index is 5.90. The molecule has 2 rings (SSSR count). The number of rotatable bonds is 5. The maximum absolute atomic E-state index is 5.90. The summed E-state index contributed by atoms with van der Waals surface area (Å²) in [5.41, 5.74) is 2.97. The van der Waals surface area contributed by atoms with Gasteiger partial charge in [-0.15, -0.1) is 11.6 Å². The van der Waals surface area contributed by atoms with E-state index in [1.807, 2.05) is 37.3 Å². The molecule has 1 aromatic heterocycles. The van der Waals surface area contributed by atoms with Gasteiger partial charge in [0.05, 0.1) is 18.7 Å². The van der Waals surface area contributed by atoms with E-state index in [9.17, 15) is 0 Å². The SMILES string of the molecule is COc1ccc(CCl)c(OCc2ncccc2C)c1. The van der Waals surface area contributed by atoms with Gasteiger partial charge in [0.15, 0.2) is 0 Å². The molecule has 0 bridgehead atoms. The van der Waals surface area contributed by atoms with Crippen molar-refractivity contribution in [3.05, 3.63) is 53.3 Å². The van der Waals surface area contributed by atoms with Gasteiger partial charge in [0.1, 0.15) is 18.1 Å². The van der Waals surface area contributed by atoms with Crippen molar-refractivity contribution in [2.24, 2.45) is 0 Å².